The number of nitrogens with one attached hydrogen (secondary N) is 3. The van der Waals surface area contributed by atoms with Gasteiger partial charge in [-0.1, -0.05) is 24.3 Å². The van der Waals surface area contributed by atoms with Gasteiger partial charge in [0.15, 0.2) is 0 Å². The van der Waals surface area contributed by atoms with E-state index in [0.29, 0.717) is 35.7 Å². The predicted molar refractivity (Wildman–Crippen MR) is 158 cm³/mol. The van der Waals surface area contributed by atoms with Gasteiger partial charge in [0.05, 0.1) is 23.3 Å². The van der Waals surface area contributed by atoms with Crippen molar-refractivity contribution in [2.45, 2.75) is 39.3 Å². The molecule has 10 heteroatoms. The molecule has 0 radical (unpaired) electrons. The SMILES string of the molecule is CN(C)CCCN(Cc1ccc(C(=O)Nc2ccccc2NC(=O)OC(C)(C)C)cc1)C(=O)Nc1cccnc1. The molecule has 0 atom stereocenters. The van der Waals surface area contributed by atoms with E-state index in [2.05, 4.69) is 25.8 Å². The van der Waals surface area contributed by atoms with Crippen molar-refractivity contribution in [3.05, 3.63) is 84.2 Å². The third-order valence-corrected chi connectivity index (χ3v) is 5.63. The summed E-state index contributed by atoms with van der Waals surface area (Å²) in [5, 5.41) is 8.42. The third-order valence-electron chi connectivity index (χ3n) is 5.63. The van der Waals surface area contributed by atoms with Crippen molar-refractivity contribution in [3.8, 4) is 0 Å². The van der Waals surface area contributed by atoms with E-state index in [1.807, 2.05) is 26.2 Å². The molecule has 1 aromatic heterocycles. The zero-order valence-corrected chi connectivity index (χ0v) is 23.7. The predicted octanol–water partition coefficient (Wildman–Crippen LogP) is 5.67. The lowest BCUT2D eigenvalue weighted by molar-refractivity contribution is 0.0635. The Kier molecular flexibility index (Phi) is 10.6. The molecule has 212 valence electrons. The maximum absolute atomic E-state index is 13.0. The minimum absolute atomic E-state index is 0.220. The summed E-state index contributed by atoms with van der Waals surface area (Å²) in [6.45, 7) is 7.12. The van der Waals surface area contributed by atoms with Gasteiger partial charge in [-0.25, -0.2) is 9.59 Å². The van der Waals surface area contributed by atoms with E-state index < -0.39 is 11.7 Å². The van der Waals surface area contributed by atoms with Crippen LogP contribution in [-0.4, -0.2) is 65.6 Å². The number of ether oxygens (including phenoxy) is 1. The van der Waals surface area contributed by atoms with E-state index in [1.54, 1.807) is 86.6 Å². The van der Waals surface area contributed by atoms with Gasteiger partial charge in [-0.3, -0.25) is 15.1 Å². The van der Waals surface area contributed by atoms with Gasteiger partial charge in [0.25, 0.3) is 5.91 Å². The normalized spacial score (nSPS) is 11.1. The summed E-state index contributed by atoms with van der Waals surface area (Å²) in [7, 11) is 3.99. The van der Waals surface area contributed by atoms with Crippen LogP contribution >= 0.6 is 0 Å². The Morgan fingerprint density at radius 3 is 2.12 bits per heavy atom. The van der Waals surface area contributed by atoms with Crippen LogP contribution in [-0.2, 0) is 11.3 Å². The molecule has 1 heterocycles. The minimum Gasteiger partial charge on any atom is -0.444 e. The fourth-order valence-corrected chi connectivity index (χ4v) is 3.76. The first-order valence-corrected chi connectivity index (χ1v) is 13.1. The van der Waals surface area contributed by atoms with Crippen LogP contribution in [0.25, 0.3) is 0 Å². The molecule has 0 aliphatic carbocycles. The molecule has 0 unspecified atom stereocenters. The number of hydrogen-bond donors (Lipinski definition) is 3. The van der Waals surface area contributed by atoms with Crippen LogP contribution in [0.15, 0.2) is 73.1 Å². The second kappa shape index (κ2) is 14.1. The summed E-state index contributed by atoms with van der Waals surface area (Å²) in [4.78, 5) is 46.1. The van der Waals surface area contributed by atoms with Crippen LogP contribution in [0, 0.1) is 0 Å². The largest absolute Gasteiger partial charge is 0.444 e. The Morgan fingerprint density at radius 1 is 0.850 bits per heavy atom. The van der Waals surface area contributed by atoms with Gasteiger partial charge in [-0.05, 0) is 89.8 Å². The molecule has 0 saturated heterocycles. The Morgan fingerprint density at radius 2 is 1.52 bits per heavy atom. The van der Waals surface area contributed by atoms with Gasteiger partial charge in [0.1, 0.15) is 5.60 Å². The first-order valence-electron chi connectivity index (χ1n) is 13.1. The van der Waals surface area contributed by atoms with Crippen molar-refractivity contribution in [3.63, 3.8) is 0 Å². The van der Waals surface area contributed by atoms with E-state index in [1.165, 1.54) is 0 Å². The molecule has 0 fully saturated rings. The number of benzene rings is 2. The average molecular weight is 547 g/mol. The number of urea groups is 1. The van der Waals surface area contributed by atoms with Crippen LogP contribution in [0.1, 0.15) is 43.1 Å². The maximum Gasteiger partial charge on any atom is 0.412 e. The first-order chi connectivity index (χ1) is 19.0. The van der Waals surface area contributed by atoms with Crippen molar-refractivity contribution in [2.24, 2.45) is 0 Å². The van der Waals surface area contributed by atoms with Crippen LogP contribution < -0.4 is 16.0 Å². The quantitative estimate of drug-likeness (QED) is 0.302. The highest BCUT2D eigenvalue weighted by Crippen LogP contribution is 2.23. The number of para-hydroxylation sites is 2. The van der Waals surface area contributed by atoms with E-state index in [-0.39, 0.29) is 11.9 Å². The highest BCUT2D eigenvalue weighted by Gasteiger charge is 2.18. The monoisotopic (exact) mass is 546 g/mol. The topological polar surface area (TPSA) is 116 Å². The zero-order chi connectivity index (χ0) is 29.1. The molecule has 0 saturated carbocycles. The van der Waals surface area contributed by atoms with Crippen molar-refractivity contribution in [1.82, 2.24) is 14.8 Å². The standard InChI is InChI=1S/C30H38N6O4/c1-30(2,3)40-29(39)34-26-12-7-6-11-25(26)33-27(37)23-15-13-22(14-16-23)21-36(19-9-18-35(4)5)28(38)32-24-10-8-17-31-20-24/h6-8,10-17,20H,9,18-19,21H2,1-5H3,(H,32,38)(H,33,37)(H,34,39). The fraction of sp³-hybridized carbons (Fsp3) is 0.333. The summed E-state index contributed by atoms with van der Waals surface area (Å²) in [6, 6.07) is 17.3. The Hall–Kier alpha value is -4.44. The van der Waals surface area contributed by atoms with Crippen LogP contribution in [0.3, 0.4) is 0 Å². The number of carbonyl (C=O) groups is 3. The lowest BCUT2D eigenvalue weighted by atomic mass is 10.1. The van der Waals surface area contributed by atoms with E-state index in [9.17, 15) is 14.4 Å². The van der Waals surface area contributed by atoms with Crippen LogP contribution in [0.4, 0.5) is 26.7 Å². The van der Waals surface area contributed by atoms with Crippen molar-refractivity contribution in [2.75, 3.05) is 43.1 Å². The summed E-state index contributed by atoms with van der Waals surface area (Å²) in [5.41, 5.74) is 2.17. The number of hydrogen-bond acceptors (Lipinski definition) is 6. The highest BCUT2D eigenvalue weighted by molar-refractivity contribution is 6.06. The van der Waals surface area contributed by atoms with Gasteiger partial charge in [-0.2, -0.15) is 0 Å². The van der Waals surface area contributed by atoms with E-state index >= 15 is 0 Å². The van der Waals surface area contributed by atoms with Gasteiger partial charge < -0.3 is 25.2 Å². The molecule has 0 aliphatic rings. The minimum atomic E-state index is -0.647. The molecule has 10 nitrogen and oxygen atoms in total. The smallest absolute Gasteiger partial charge is 0.412 e. The third kappa shape index (κ3) is 10.0. The number of carbonyl (C=O) groups excluding carboxylic acids is 3. The fourth-order valence-electron chi connectivity index (χ4n) is 3.76. The number of aromatic nitrogens is 1. The molecule has 3 aromatic rings. The van der Waals surface area contributed by atoms with Crippen LogP contribution in [0.5, 0.6) is 0 Å². The second-order valence-corrected chi connectivity index (χ2v) is 10.6. The van der Waals surface area contributed by atoms with Gasteiger partial charge >= 0.3 is 12.1 Å². The molecule has 0 aliphatic heterocycles. The number of anilines is 3. The number of pyridine rings is 1. The molecular formula is C30H38N6O4. The highest BCUT2D eigenvalue weighted by atomic mass is 16.6. The summed E-state index contributed by atoms with van der Waals surface area (Å²) in [5.74, 6) is -0.331. The van der Waals surface area contributed by atoms with Gasteiger partial charge in [0, 0.05) is 24.8 Å². The average Bonchev–Trinajstić information content (AvgIpc) is 2.89. The van der Waals surface area contributed by atoms with E-state index in [4.69, 9.17) is 4.74 Å². The molecule has 3 N–H and O–H groups in total. The van der Waals surface area contributed by atoms with Gasteiger partial charge in [0.2, 0.25) is 0 Å². The maximum atomic E-state index is 13.0. The summed E-state index contributed by atoms with van der Waals surface area (Å²) >= 11 is 0. The molecule has 3 rings (SSSR count). The molecule has 0 bridgehead atoms. The first kappa shape index (κ1) is 30.1. The Bertz CT molecular complexity index is 1270. The molecular weight excluding hydrogens is 508 g/mol. The number of rotatable bonds is 10. The number of amides is 4. The Labute approximate surface area is 235 Å². The number of nitrogens with zero attached hydrogens (tertiary/aromatic N) is 3. The zero-order valence-electron chi connectivity index (χ0n) is 23.7. The summed E-state index contributed by atoms with van der Waals surface area (Å²) in [6.07, 6.45) is 3.45. The molecule has 40 heavy (non-hydrogen) atoms. The van der Waals surface area contributed by atoms with Gasteiger partial charge in [-0.15, -0.1) is 0 Å². The second-order valence-electron chi connectivity index (χ2n) is 10.6. The molecule has 4 amide bonds. The van der Waals surface area contributed by atoms with Crippen LogP contribution in [0.2, 0.25) is 0 Å². The lowest BCUT2D eigenvalue weighted by Crippen LogP contribution is -2.36. The van der Waals surface area contributed by atoms with Crippen molar-refractivity contribution in [1.29, 1.82) is 0 Å². The molecule has 2 aromatic carbocycles. The summed E-state index contributed by atoms with van der Waals surface area (Å²) < 4.78 is 5.32. The molecule has 0 spiro atoms. The van der Waals surface area contributed by atoms with Crippen molar-refractivity contribution >= 4 is 35.1 Å². The Balaban J connectivity index is 1.66. The van der Waals surface area contributed by atoms with E-state index in [0.717, 1.165) is 18.5 Å². The lowest BCUT2D eigenvalue weighted by Gasteiger charge is -2.24. The van der Waals surface area contributed by atoms with Crippen molar-refractivity contribution < 1.29 is 19.1 Å².